The molecule has 1 aliphatic heterocycles. The van der Waals surface area contributed by atoms with Crippen LogP contribution < -0.4 is 11.1 Å². The van der Waals surface area contributed by atoms with Crippen LogP contribution in [0, 0.1) is 0 Å². The predicted molar refractivity (Wildman–Crippen MR) is 71.8 cm³/mol. The Hall–Kier alpha value is -1.26. The average molecular weight is 269 g/mol. The topological polar surface area (TPSA) is 64.4 Å². The zero-order valence-corrected chi connectivity index (χ0v) is 11.0. The highest BCUT2D eigenvalue weighted by atomic mass is 35.5. The Morgan fingerprint density at radius 1 is 1.56 bits per heavy atom. The van der Waals surface area contributed by atoms with Gasteiger partial charge in [-0.25, -0.2) is 0 Å². The zero-order chi connectivity index (χ0) is 13.1. The second-order valence-corrected chi connectivity index (χ2v) is 5.04. The molecule has 2 unspecified atom stereocenters. The summed E-state index contributed by atoms with van der Waals surface area (Å²) in [5.74, 6) is -0.150. The van der Waals surface area contributed by atoms with Crippen molar-refractivity contribution in [1.29, 1.82) is 0 Å². The molecule has 0 radical (unpaired) electrons. The maximum atomic E-state index is 12.1. The fourth-order valence-corrected chi connectivity index (χ4v) is 2.31. The maximum Gasteiger partial charge on any atom is 0.253 e. The van der Waals surface area contributed by atoms with Gasteiger partial charge in [0.25, 0.3) is 5.91 Å². The van der Waals surface area contributed by atoms with E-state index < -0.39 is 0 Å². The van der Waals surface area contributed by atoms with E-state index in [-0.39, 0.29) is 18.1 Å². The van der Waals surface area contributed by atoms with Gasteiger partial charge in [-0.2, -0.15) is 0 Å². The molecule has 0 saturated carbocycles. The van der Waals surface area contributed by atoms with E-state index >= 15 is 0 Å². The van der Waals surface area contributed by atoms with Crippen molar-refractivity contribution < 1.29 is 9.53 Å². The van der Waals surface area contributed by atoms with Gasteiger partial charge in [-0.05, 0) is 38.0 Å². The molecule has 0 bridgehead atoms. The molecule has 1 aliphatic rings. The molecule has 1 aromatic carbocycles. The third-order valence-electron chi connectivity index (χ3n) is 3.08. The number of nitrogens with two attached hydrogens (primary N) is 1. The van der Waals surface area contributed by atoms with Crippen molar-refractivity contribution in [3.8, 4) is 0 Å². The van der Waals surface area contributed by atoms with Crippen molar-refractivity contribution in [1.82, 2.24) is 5.32 Å². The van der Waals surface area contributed by atoms with E-state index in [9.17, 15) is 4.79 Å². The number of nitrogen functional groups attached to an aromatic ring is 1. The summed E-state index contributed by atoms with van der Waals surface area (Å²) in [5.41, 5.74) is 6.66. The standard InChI is InChI=1S/C13H17ClN2O2/c1-8-6-10(4-5-18-8)16-13(17)11-3-2-9(14)7-12(11)15/h2-3,7-8,10H,4-6,15H2,1H3,(H,16,17). The summed E-state index contributed by atoms with van der Waals surface area (Å²) in [4.78, 5) is 12.1. The van der Waals surface area contributed by atoms with Crippen LogP contribution in [0.25, 0.3) is 0 Å². The maximum absolute atomic E-state index is 12.1. The Bertz CT molecular complexity index is 451. The smallest absolute Gasteiger partial charge is 0.253 e. The van der Waals surface area contributed by atoms with E-state index in [1.165, 1.54) is 0 Å². The van der Waals surface area contributed by atoms with Gasteiger partial charge >= 0.3 is 0 Å². The molecule has 2 rings (SSSR count). The van der Waals surface area contributed by atoms with Crippen LogP contribution in [0.5, 0.6) is 0 Å². The number of hydrogen-bond acceptors (Lipinski definition) is 3. The lowest BCUT2D eigenvalue weighted by atomic mass is 10.0. The molecule has 5 heteroatoms. The summed E-state index contributed by atoms with van der Waals surface area (Å²) < 4.78 is 5.44. The van der Waals surface area contributed by atoms with E-state index in [0.29, 0.717) is 22.9 Å². The van der Waals surface area contributed by atoms with E-state index in [4.69, 9.17) is 22.1 Å². The molecule has 1 amide bonds. The van der Waals surface area contributed by atoms with Gasteiger partial charge in [-0.3, -0.25) is 4.79 Å². The molecule has 0 aromatic heterocycles. The molecule has 1 aromatic rings. The first-order valence-corrected chi connectivity index (χ1v) is 6.41. The molecular weight excluding hydrogens is 252 g/mol. The lowest BCUT2D eigenvalue weighted by Crippen LogP contribution is -2.41. The monoisotopic (exact) mass is 268 g/mol. The van der Waals surface area contributed by atoms with Gasteiger partial charge in [0.05, 0.1) is 11.7 Å². The van der Waals surface area contributed by atoms with Gasteiger partial charge in [-0.1, -0.05) is 11.6 Å². The van der Waals surface area contributed by atoms with E-state index in [1.54, 1.807) is 18.2 Å². The number of rotatable bonds is 2. The molecular formula is C13H17ClN2O2. The van der Waals surface area contributed by atoms with Crippen molar-refractivity contribution >= 4 is 23.2 Å². The van der Waals surface area contributed by atoms with Crippen molar-refractivity contribution in [2.24, 2.45) is 0 Å². The van der Waals surface area contributed by atoms with Crippen molar-refractivity contribution in [2.75, 3.05) is 12.3 Å². The average Bonchev–Trinajstić information content (AvgIpc) is 2.28. The van der Waals surface area contributed by atoms with Crippen LogP contribution in [0.15, 0.2) is 18.2 Å². The zero-order valence-electron chi connectivity index (χ0n) is 10.3. The summed E-state index contributed by atoms with van der Waals surface area (Å²) in [6.07, 6.45) is 1.86. The van der Waals surface area contributed by atoms with Gasteiger partial charge in [0.15, 0.2) is 0 Å². The molecule has 4 nitrogen and oxygen atoms in total. The normalized spacial score (nSPS) is 23.7. The lowest BCUT2D eigenvalue weighted by molar-refractivity contribution is 0.0137. The Balaban J connectivity index is 2.03. The summed E-state index contributed by atoms with van der Waals surface area (Å²) in [6.45, 7) is 2.69. The molecule has 1 fully saturated rings. The van der Waals surface area contributed by atoms with Crippen molar-refractivity contribution in [2.45, 2.75) is 31.9 Å². The van der Waals surface area contributed by atoms with Crippen LogP contribution in [0.3, 0.4) is 0 Å². The molecule has 1 saturated heterocycles. The molecule has 1 heterocycles. The largest absolute Gasteiger partial charge is 0.398 e. The van der Waals surface area contributed by atoms with Crippen LogP contribution in [0.4, 0.5) is 5.69 Å². The van der Waals surface area contributed by atoms with Crippen molar-refractivity contribution in [3.05, 3.63) is 28.8 Å². The minimum absolute atomic E-state index is 0.149. The number of nitrogens with one attached hydrogen (secondary N) is 1. The Labute approximate surface area is 111 Å². The fraction of sp³-hybridized carbons (Fsp3) is 0.462. The lowest BCUT2D eigenvalue weighted by Gasteiger charge is -2.28. The van der Waals surface area contributed by atoms with Crippen LogP contribution in [-0.2, 0) is 4.74 Å². The Morgan fingerprint density at radius 2 is 2.33 bits per heavy atom. The second kappa shape index (κ2) is 5.59. The molecule has 2 atom stereocenters. The summed E-state index contributed by atoms with van der Waals surface area (Å²) >= 11 is 5.80. The van der Waals surface area contributed by atoms with E-state index in [1.807, 2.05) is 6.92 Å². The highest BCUT2D eigenvalue weighted by molar-refractivity contribution is 6.31. The molecule has 3 N–H and O–H groups in total. The van der Waals surface area contributed by atoms with Gasteiger partial charge in [0.2, 0.25) is 0 Å². The third-order valence-corrected chi connectivity index (χ3v) is 3.31. The number of ether oxygens (including phenoxy) is 1. The number of halogens is 1. The van der Waals surface area contributed by atoms with Gasteiger partial charge in [0, 0.05) is 23.4 Å². The summed E-state index contributed by atoms with van der Waals surface area (Å²) in [7, 11) is 0. The molecule has 0 aliphatic carbocycles. The Kier molecular flexibility index (Phi) is 4.09. The summed E-state index contributed by atoms with van der Waals surface area (Å²) in [5, 5.41) is 3.52. The van der Waals surface area contributed by atoms with Gasteiger partial charge in [0.1, 0.15) is 0 Å². The third kappa shape index (κ3) is 3.15. The molecule has 18 heavy (non-hydrogen) atoms. The molecule has 98 valence electrons. The van der Waals surface area contributed by atoms with Crippen LogP contribution in [0.1, 0.15) is 30.1 Å². The van der Waals surface area contributed by atoms with Gasteiger partial charge in [-0.15, -0.1) is 0 Å². The van der Waals surface area contributed by atoms with Crippen LogP contribution >= 0.6 is 11.6 Å². The quantitative estimate of drug-likeness (QED) is 0.809. The van der Waals surface area contributed by atoms with Gasteiger partial charge < -0.3 is 15.8 Å². The molecule has 0 spiro atoms. The van der Waals surface area contributed by atoms with E-state index in [2.05, 4.69) is 5.32 Å². The van der Waals surface area contributed by atoms with Crippen molar-refractivity contribution in [3.63, 3.8) is 0 Å². The first kappa shape index (κ1) is 13.2. The minimum atomic E-state index is -0.150. The first-order chi connectivity index (χ1) is 8.56. The first-order valence-electron chi connectivity index (χ1n) is 6.03. The van der Waals surface area contributed by atoms with E-state index in [0.717, 1.165) is 12.8 Å². The summed E-state index contributed by atoms with van der Waals surface area (Å²) in [6, 6.07) is 5.05. The number of carbonyl (C=O) groups is 1. The number of carbonyl (C=O) groups excluding carboxylic acids is 1. The fourth-order valence-electron chi connectivity index (χ4n) is 2.13. The highest BCUT2D eigenvalue weighted by Crippen LogP contribution is 2.19. The minimum Gasteiger partial charge on any atom is -0.398 e. The second-order valence-electron chi connectivity index (χ2n) is 4.61. The highest BCUT2D eigenvalue weighted by Gasteiger charge is 2.22. The number of hydrogen-bond donors (Lipinski definition) is 2. The van der Waals surface area contributed by atoms with Crippen LogP contribution in [0.2, 0.25) is 5.02 Å². The number of amides is 1. The predicted octanol–water partition coefficient (Wildman–Crippen LogP) is 2.22. The SMILES string of the molecule is CC1CC(NC(=O)c2ccc(Cl)cc2N)CCO1. The van der Waals surface area contributed by atoms with Crippen LogP contribution in [-0.4, -0.2) is 24.7 Å². The number of anilines is 1. The number of benzene rings is 1. The Morgan fingerprint density at radius 3 is 3.00 bits per heavy atom.